The Morgan fingerprint density at radius 2 is 1.79 bits per heavy atom. The molecule has 0 heterocycles. The first-order valence-electron chi connectivity index (χ1n) is 6.05. The number of hydrogen-bond acceptors (Lipinski definition) is 3. The molecule has 0 N–H and O–H groups in total. The third kappa shape index (κ3) is 2.86. The van der Waals surface area contributed by atoms with Crippen molar-refractivity contribution in [1.82, 2.24) is 0 Å². The molecule has 19 heavy (non-hydrogen) atoms. The minimum Gasteiger partial charge on any atom is -0.493 e. The Labute approximate surface area is 113 Å². The fraction of sp³-hybridized carbons (Fsp3) is 0.188. The molecule has 2 aromatic carbocycles. The lowest BCUT2D eigenvalue weighted by molar-refractivity contribution is 0.215. The van der Waals surface area contributed by atoms with Crippen LogP contribution in [0.25, 0.3) is 0 Å². The molecule has 0 aliphatic heterocycles. The molecule has 0 fully saturated rings. The van der Waals surface area contributed by atoms with E-state index >= 15 is 0 Å². The summed E-state index contributed by atoms with van der Waals surface area (Å²) in [4.78, 5) is 0. The number of para-hydroxylation sites is 1. The first kappa shape index (κ1) is 13.0. The molecule has 0 saturated heterocycles. The Kier molecular flexibility index (Phi) is 4.04. The number of rotatable bonds is 4. The second kappa shape index (κ2) is 5.92. The van der Waals surface area contributed by atoms with Crippen LogP contribution in [-0.2, 0) is 0 Å². The fourth-order valence-corrected chi connectivity index (χ4v) is 1.86. The lowest BCUT2D eigenvalue weighted by Gasteiger charge is -2.18. The molecular formula is C16H15NO2. The van der Waals surface area contributed by atoms with Crippen LogP contribution in [0.2, 0.25) is 0 Å². The van der Waals surface area contributed by atoms with Crippen molar-refractivity contribution in [3.63, 3.8) is 0 Å². The summed E-state index contributed by atoms with van der Waals surface area (Å²) in [5.74, 6) is 1.06. The van der Waals surface area contributed by atoms with Crippen LogP contribution >= 0.6 is 0 Å². The van der Waals surface area contributed by atoms with Crippen molar-refractivity contribution in [2.75, 3.05) is 7.11 Å². The highest BCUT2D eigenvalue weighted by molar-refractivity contribution is 5.52. The van der Waals surface area contributed by atoms with Gasteiger partial charge in [-0.15, -0.1) is 0 Å². The van der Waals surface area contributed by atoms with Crippen molar-refractivity contribution in [1.29, 1.82) is 5.26 Å². The lowest BCUT2D eigenvalue weighted by Crippen LogP contribution is -2.05. The van der Waals surface area contributed by atoms with Gasteiger partial charge in [0, 0.05) is 0 Å². The van der Waals surface area contributed by atoms with E-state index in [0.29, 0.717) is 17.1 Å². The molecule has 0 aromatic heterocycles. The SMILES string of the molecule is COc1cccc(C#N)c1OC(C)c1ccccc1. The summed E-state index contributed by atoms with van der Waals surface area (Å²) in [6.45, 7) is 1.95. The summed E-state index contributed by atoms with van der Waals surface area (Å²) in [7, 11) is 1.57. The fourth-order valence-electron chi connectivity index (χ4n) is 1.86. The minimum absolute atomic E-state index is 0.149. The highest BCUT2D eigenvalue weighted by atomic mass is 16.5. The van der Waals surface area contributed by atoms with Gasteiger partial charge < -0.3 is 9.47 Å². The number of ether oxygens (including phenoxy) is 2. The van der Waals surface area contributed by atoms with Crippen molar-refractivity contribution in [3.8, 4) is 17.6 Å². The monoisotopic (exact) mass is 253 g/mol. The molecule has 0 spiro atoms. The molecule has 0 saturated carbocycles. The van der Waals surface area contributed by atoms with Crippen LogP contribution in [-0.4, -0.2) is 7.11 Å². The largest absolute Gasteiger partial charge is 0.493 e. The molecule has 1 unspecified atom stereocenters. The maximum Gasteiger partial charge on any atom is 0.179 e. The quantitative estimate of drug-likeness (QED) is 0.834. The van der Waals surface area contributed by atoms with Crippen LogP contribution in [0, 0.1) is 11.3 Å². The zero-order chi connectivity index (χ0) is 13.7. The van der Waals surface area contributed by atoms with Gasteiger partial charge >= 0.3 is 0 Å². The van der Waals surface area contributed by atoms with Gasteiger partial charge in [0.2, 0.25) is 0 Å². The molecule has 2 aromatic rings. The Hall–Kier alpha value is -2.47. The molecule has 0 aliphatic carbocycles. The summed E-state index contributed by atoms with van der Waals surface area (Å²) in [6, 6.07) is 17.3. The molecular weight excluding hydrogens is 238 g/mol. The average molecular weight is 253 g/mol. The van der Waals surface area contributed by atoms with Gasteiger partial charge in [0.25, 0.3) is 0 Å². The predicted octanol–water partition coefficient (Wildman–Crippen LogP) is 3.71. The van der Waals surface area contributed by atoms with Gasteiger partial charge in [-0.05, 0) is 24.6 Å². The Morgan fingerprint density at radius 3 is 2.42 bits per heavy atom. The van der Waals surface area contributed by atoms with E-state index in [4.69, 9.17) is 14.7 Å². The van der Waals surface area contributed by atoms with Crippen LogP contribution in [0.1, 0.15) is 24.2 Å². The number of nitrogens with zero attached hydrogens (tertiary/aromatic N) is 1. The lowest BCUT2D eigenvalue weighted by atomic mass is 10.1. The number of benzene rings is 2. The van der Waals surface area contributed by atoms with E-state index < -0.39 is 0 Å². The van der Waals surface area contributed by atoms with Gasteiger partial charge in [0.05, 0.1) is 12.7 Å². The molecule has 0 aliphatic rings. The number of nitriles is 1. The highest BCUT2D eigenvalue weighted by Gasteiger charge is 2.14. The first-order chi connectivity index (χ1) is 9.26. The van der Waals surface area contributed by atoms with E-state index in [1.165, 1.54) is 0 Å². The summed E-state index contributed by atoms with van der Waals surface area (Å²) in [5, 5.41) is 9.14. The zero-order valence-corrected chi connectivity index (χ0v) is 11.0. The van der Waals surface area contributed by atoms with Gasteiger partial charge in [-0.1, -0.05) is 36.4 Å². The van der Waals surface area contributed by atoms with Crippen molar-refractivity contribution in [2.45, 2.75) is 13.0 Å². The number of hydrogen-bond donors (Lipinski definition) is 0. The minimum atomic E-state index is -0.149. The van der Waals surface area contributed by atoms with Crippen molar-refractivity contribution in [2.24, 2.45) is 0 Å². The van der Waals surface area contributed by atoms with E-state index in [-0.39, 0.29) is 6.10 Å². The maximum atomic E-state index is 9.14. The van der Waals surface area contributed by atoms with E-state index in [1.807, 2.05) is 37.3 Å². The molecule has 96 valence electrons. The summed E-state index contributed by atoms with van der Waals surface area (Å²) < 4.78 is 11.1. The standard InChI is InChI=1S/C16H15NO2/c1-12(13-7-4-3-5-8-13)19-16-14(11-17)9-6-10-15(16)18-2/h3-10,12H,1-2H3. The first-order valence-corrected chi connectivity index (χ1v) is 6.05. The normalized spacial score (nSPS) is 11.4. The van der Waals surface area contributed by atoms with Gasteiger partial charge in [-0.2, -0.15) is 5.26 Å². The van der Waals surface area contributed by atoms with Crippen LogP contribution < -0.4 is 9.47 Å². The van der Waals surface area contributed by atoms with Gasteiger partial charge in [-0.25, -0.2) is 0 Å². The zero-order valence-electron chi connectivity index (χ0n) is 11.0. The third-order valence-corrected chi connectivity index (χ3v) is 2.88. The van der Waals surface area contributed by atoms with Gasteiger partial charge in [0.15, 0.2) is 11.5 Å². The average Bonchev–Trinajstić information content (AvgIpc) is 2.48. The highest BCUT2D eigenvalue weighted by Crippen LogP contribution is 2.34. The van der Waals surface area contributed by atoms with E-state index in [9.17, 15) is 0 Å². The second-order valence-electron chi connectivity index (χ2n) is 4.12. The maximum absolute atomic E-state index is 9.14. The molecule has 0 amide bonds. The topological polar surface area (TPSA) is 42.2 Å². The van der Waals surface area contributed by atoms with Crippen molar-refractivity contribution >= 4 is 0 Å². The second-order valence-corrected chi connectivity index (χ2v) is 4.12. The summed E-state index contributed by atoms with van der Waals surface area (Å²) >= 11 is 0. The third-order valence-electron chi connectivity index (χ3n) is 2.88. The molecule has 1 atom stereocenters. The molecule has 3 nitrogen and oxygen atoms in total. The smallest absolute Gasteiger partial charge is 0.179 e. The summed E-state index contributed by atoms with van der Waals surface area (Å²) in [5.41, 5.74) is 1.53. The molecule has 0 bridgehead atoms. The molecule has 0 radical (unpaired) electrons. The van der Waals surface area contributed by atoms with Crippen LogP contribution in [0.5, 0.6) is 11.5 Å². The van der Waals surface area contributed by atoms with E-state index in [1.54, 1.807) is 25.3 Å². The van der Waals surface area contributed by atoms with Crippen molar-refractivity contribution < 1.29 is 9.47 Å². The van der Waals surface area contributed by atoms with Gasteiger partial charge in [0.1, 0.15) is 12.2 Å². The van der Waals surface area contributed by atoms with E-state index in [0.717, 1.165) is 5.56 Å². The summed E-state index contributed by atoms with van der Waals surface area (Å²) in [6.07, 6.45) is -0.149. The van der Waals surface area contributed by atoms with Crippen LogP contribution in [0.4, 0.5) is 0 Å². The molecule has 2 rings (SSSR count). The Balaban J connectivity index is 2.31. The van der Waals surface area contributed by atoms with Crippen LogP contribution in [0.15, 0.2) is 48.5 Å². The Bertz CT molecular complexity index is 587. The predicted molar refractivity (Wildman–Crippen MR) is 73.2 cm³/mol. The van der Waals surface area contributed by atoms with Gasteiger partial charge in [-0.3, -0.25) is 0 Å². The number of methoxy groups -OCH3 is 1. The van der Waals surface area contributed by atoms with Crippen molar-refractivity contribution in [3.05, 3.63) is 59.7 Å². The van der Waals surface area contributed by atoms with E-state index in [2.05, 4.69) is 6.07 Å². The van der Waals surface area contributed by atoms with Crippen LogP contribution in [0.3, 0.4) is 0 Å². The molecule has 3 heteroatoms. The Morgan fingerprint density at radius 1 is 1.05 bits per heavy atom.